The van der Waals surface area contributed by atoms with Gasteiger partial charge in [0.2, 0.25) is 0 Å². The van der Waals surface area contributed by atoms with Gasteiger partial charge < -0.3 is 10.5 Å². The molecule has 1 aromatic carbocycles. The summed E-state index contributed by atoms with van der Waals surface area (Å²) >= 11 is 0. The Bertz CT molecular complexity index is 417. The summed E-state index contributed by atoms with van der Waals surface area (Å²) in [6, 6.07) is 4.60. The first-order chi connectivity index (χ1) is 8.60. The molecule has 1 aliphatic heterocycles. The second-order valence-electron chi connectivity index (χ2n) is 5.33. The van der Waals surface area contributed by atoms with E-state index in [9.17, 15) is 0 Å². The third-order valence-electron chi connectivity index (χ3n) is 3.83. The minimum Gasteiger partial charge on any atom is -0.374 e. The van der Waals surface area contributed by atoms with Crippen molar-refractivity contribution in [2.24, 2.45) is 5.73 Å². The molecule has 100 valence electrons. The Morgan fingerprint density at radius 3 is 2.67 bits per heavy atom. The molecular formula is C15H24N2O. The summed E-state index contributed by atoms with van der Waals surface area (Å²) in [5.41, 5.74) is 11.2. The van der Waals surface area contributed by atoms with E-state index in [1.54, 1.807) is 0 Å². The Morgan fingerprint density at radius 1 is 1.22 bits per heavy atom. The van der Waals surface area contributed by atoms with Gasteiger partial charge in [-0.2, -0.15) is 0 Å². The highest BCUT2D eigenvalue weighted by Gasteiger charge is 2.19. The lowest BCUT2D eigenvalue weighted by Gasteiger charge is -2.32. The molecule has 1 aromatic rings. The average Bonchev–Trinajstić information content (AvgIpc) is 2.36. The van der Waals surface area contributed by atoms with Crippen LogP contribution in [0.1, 0.15) is 22.3 Å². The van der Waals surface area contributed by atoms with Crippen molar-refractivity contribution in [2.45, 2.75) is 33.4 Å². The van der Waals surface area contributed by atoms with Crippen LogP contribution in [0, 0.1) is 20.8 Å². The van der Waals surface area contributed by atoms with Crippen molar-refractivity contribution in [1.29, 1.82) is 0 Å². The molecular weight excluding hydrogens is 224 g/mol. The molecule has 2 N–H and O–H groups in total. The van der Waals surface area contributed by atoms with Gasteiger partial charge in [-0.15, -0.1) is 0 Å². The van der Waals surface area contributed by atoms with E-state index in [4.69, 9.17) is 10.5 Å². The number of rotatable bonds is 3. The zero-order valence-electron chi connectivity index (χ0n) is 11.7. The number of hydrogen-bond acceptors (Lipinski definition) is 3. The zero-order valence-corrected chi connectivity index (χ0v) is 11.7. The molecule has 1 heterocycles. The molecule has 3 heteroatoms. The second-order valence-corrected chi connectivity index (χ2v) is 5.33. The number of ether oxygens (including phenoxy) is 1. The number of morpholine rings is 1. The molecule has 1 saturated heterocycles. The molecule has 3 nitrogen and oxygen atoms in total. The standard InChI is InChI=1S/C15H24N2O/c1-11-6-13(3)14(7-12(11)2)9-17-4-5-18-15(8-16)10-17/h6-7,15H,4-5,8-10,16H2,1-3H3/t15-/m1/s1. The van der Waals surface area contributed by atoms with Crippen LogP contribution in [0.2, 0.25) is 0 Å². The van der Waals surface area contributed by atoms with Crippen LogP contribution in [0.4, 0.5) is 0 Å². The van der Waals surface area contributed by atoms with Crippen LogP contribution >= 0.6 is 0 Å². The number of aryl methyl sites for hydroxylation is 3. The van der Waals surface area contributed by atoms with Gasteiger partial charge in [0, 0.05) is 26.2 Å². The smallest absolute Gasteiger partial charge is 0.0824 e. The first-order valence-corrected chi connectivity index (χ1v) is 6.71. The van der Waals surface area contributed by atoms with Crippen molar-refractivity contribution >= 4 is 0 Å². The predicted octanol–water partition coefficient (Wildman–Crippen LogP) is 1.77. The minimum atomic E-state index is 0.200. The van der Waals surface area contributed by atoms with Gasteiger partial charge >= 0.3 is 0 Å². The van der Waals surface area contributed by atoms with Crippen molar-refractivity contribution in [1.82, 2.24) is 4.90 Å². The molecule has 0 aliphatic carbocycles. The van der Waals surface area contributed by atoms with Crippen LogP contribution in [0.25, 0.3) is 0 Å². The maximum Gasteiger partial charge on any atom is 0.0824 e. The van der Waals surface area contributed by atoms with Crippen LogP contribution in [-0.2, 0) is 11.3 Å². The van der Waals surface area contributed by atoms with Crippen molar-refractivity contribution in [3.05, 3.63) is 34.4 Å². The second kappa shape index (κ2) is 5.83. The quantitative estimate of drug-likeness (QED) is 0.886. The summed E-state index contributed by atoms with van der Waals surface area (Å²) in [6.45, 7) is 10.9. The lowest BCUT2D eigenvalue weighted by molar-refractivity contribution is -0.0261. The van der Waals surface area contributed by atoms with Crippen molar-refractivity contribution < 1.29 is 4.74 Å². The maximum atomic E-state index is 5.68. The molecule has 0 spiro atoms. The van der Waals surface area contributed by atoms with Crippen molar-refractivity contribution in [3.8, 4) is 0 Å². The van der Waals surface area contributed by atoms with Crippen LogP contribution in [0.5, 0.6) is 0 Å². The highest BCUT2D eigenvalue weighted by molar-refractivity contribution is 5.36. The number of nitrogens with two attached hydrogens (primary N) is 1. The normalized spacial score (nSPS) is 21.2. The molecule has 18 heavy (non-hydrogen) atoms. The van der Waals surface area contributed by atoms with E-state index in [0.29, 0.717) is 6.54 Å². The highest BCUT2D eigenvalue weighted by Crippen LogP contribution is 2.18. The van der Waals surface area contributed by atoms with Gasteiger partial charge in [0.05, 0.1) is 12.7 Å². The van der Waals surface area contributed by atoms with Crippen LogP contribution < -0.4 is 5.73 Å². The third kappa shape index (κ3) is 3.10. The van der Waals surface area contributed by atoms with E-state index < -0.39 is 0 Å². The Kier molecular flexibility index (Phi) is 4.38. The summed E-state index contributed by atoms with van der Waals surface area (Å²) in [5.74, 6) is 0. The van der Waals surface area contributed by atoms with Gasteiger partial charge in [-0.3, -0.25) is 4.90 Å². The molecule has 0 amide bonds. The molecule has 0 aromatic heterocycles. The van der Waals surface area contributed by atoms with Gasteiger partial charge in [0.1, 0.15) is 0 Å². The van der Waals surface area contributed by atoms with Crippen LogP contribution in [-0.4, -0.2) is 37.2 Å². The summed E-state index contributed by atoms with van der Waals surface area (Å²) < 4.78 is 5.60. The van der Waals surface area contributed by atoms with E-state index in [0.717, 1.165) is 26.2 Å². The Balaban J connectivity index is 2.07. The van der Waals surface area contributed by atoms with Gasteiger partial charge in [-0.05, 0) is 43.0 Å². The van der Waals surface area contributed by atoms with Gasteiger partial charge in [0.25, 0.3) is 0 Å². The molecule has 2 rings (SSSR count). The SMILES string of the molecule is Cc1cc(C)c(CN2CCO[C@H](CN)C2)cc1C. The summed E-state index contributed by atoms with van der Waals surface area (Å²) in [5, 5.41) is 0. The molecule has 0 bridgehead atoms. The molecule has 1 atom stereocenters. The number of nitrogens with zero attached hydrogens (tertiary/aromatic N) is 1. The maximum absolute atomic E-state index is 5.68. The lowest BCUT2D eigenvalue weighted by atomic mass is 10.0. The van der Waals surface area contributed by atoms with Gasteiger partial charge in [0.15, 0.2) is 0 Å². The molecule has 0 unspecified atom stereocenters. The highest BCUT2D eigenvalue weighted by atomic mass is 16.5. The first-order valence-electron chi connectivity index (χ1n) is 6.71. The molecule has 1 aliphatic rings. The zero-order chi connectivity index (χ0) is 13.1. The van der Waals surface area contributed by atoms with Gasteiger partial charge in [-0.25, -0.2) is 0 Å². The Hall–Kier alpha value is -0.900. The fourth-order valence-electron chi connectivity index (χ4n) is 2.50. The van der Waals surface area contributed by atoms with E-state index in [2.05, 4.69) is 37.8 Å². The van der Waals surface area contributed by atoms with Crippen molar-refractivity contribution in [2.75, 3.05) is 26.2 Å². The van der Waals surface area contributed by atoms with Crippen molar-refractivity contribution in [3.63, 3.8) is 0 Å². The van der Waals surface area contributed by atoms with Crippen LogP contribution in [0.3, 0.4) is 0 Å². The fourth-order valence-corrected chi connectivity index (χ4v) is 2.50. The monoisotopic (exact) mass is 248 g/mol. The lowest BCUT2D eigenvalue weighted by Crippen LogP contribution is -2.45. The summed E-state index contributed by atoms with van der Waals surface area (Å²) in [6.07, 6.45) is 0.200. The van der Waals surface area contributed by atoms with E-state index in [1.165, 1.54) is 22.3 Å². The Morgan fingerprint density at radius 2 is 1.94 bits per heavy atom. The third-order valence-corrected chi connectivity index (χ3v) is 3.83. The number of benzene rings is 1. The summed E-state index contributed by atoms with van der Waals surface area (Å²) in [7, 11) is 0. The van der Waals surface area contributed by atoms with Crippen LogP contribution in [0.15, 0.2) is 12.1 Å². The number of hydrogen-bond donors (Lipinski definition) is 1. The molecule has 0 radical (unpaired) electrons. The molecule has 1 fully saturated rings. The minimum absolute atomic E-state index is 0.200. The Labute approximate surface area is 110 Å². The van der Waals surface area contributed by atoms with E-state index in [1.807, 2.05) is 0 Å². The summed E-state index contributed by atoms with van der Waals surface area (Å²) in [4.78, 5) is 2.44. The largest absolute Gasteiger partial charge is 0.374 e. The topological polar surface area (TPSA) is 38.5 Å². The molecule has 0 saturated carbocycles. The van der Waals surface area contributed by atoms with E-state index >= 15 is 0 Å². The predicted molar refractivity (Wildman–Crippen MR) is 74.7 cm³/mol. The fraction of sp³-hybridized carbons (Fsp3) is 0.600. The first kappa shape index (κ1) is 13.5. The van der Waals surface area contributed by atoms with E-state index in [-0.39, 0.29) is 6.10 Å². The van der Waals surface area contributed by atoms with Gasteiger partial charge in [-0.1, -0.05) is 12.1 Å². The average molecular weight is 248 g/mol.